The predicted molar refractivity (Wildman–Crippen MR) is 122 cm³/mol. The van der Waals surface area contributed by atoms with Crippen LogP contribution >= 0.6 is 23.2 Å². The zero-order chi connectivity index (χ0) is 24.1. The van der Waals surface area contributed by atoms with Crippen molar-refractivity contribution in [3.05, 3.63) is 63.6 Å². The summed E-state index contributed by atoms with van der Waals surface area (Å²) in [5.41, 5.74) is 1.32. The highest BCUT2D eigenvalue weighted by atomic mass is 35.5. The van der Waals surface area contributed by atoms with Gasteiger partial charge in [0.25, 0.3) is 5.91 Å². The SMILES string of the molecule is COC(=O)C(Cc1ccc(NC(=O)c2c(Cl)cccc2Cl)cc1)NC(=O)[C@@H]1CCN1C(=O)O. The van der Waals surface area contributed by atoms with Crippen molar-refractivity contribution in [2.45, 2.75) is 24.9 Å². The number of nitrogens with one attached hydrogen (secondary N) is 2. The maximum Gasteiger partial charge on any atom is 0.407 e. The summed E-state index contributed by atoms with van der Waals surface area (Å²) in [7, 11) is 1.20. The second kappa shape index (κ2) is 10.5. The van der Waals surface area contributed by atoms with Gasteiger partial charge >= 0.3 is 12.1 Å². The minimum atomic E-state index is -1.19. The molecule has 174 valence electrons. The van der Waals surface area contributed by atoms with Gasteiger partial charge in [0.05, 0.1) is 22.7 Å². The van der Waals surface area contributed by atoms with Gasteiger partial charge in [0, 0.05) is 18.7 Å². The third kappa shape index (κ3) is 5.74. The molecule has 0 radical (unpaired) electrons. The van der Waals surface area contributed by atoms with E-state index in [2.05, 4.69) is 10.6 Å². The fourth-order valence-electron chi connectivity index (χ4n) is 3.36. The van der Waals surface area contributed by atoms with Crippen LogP contribution in [0.2, 0.25) is 10.0 Å². The van der Waals surface area contributed by atoms with E-state index in [0.717, 1.165) is 4.90 Å². The highest BCUT2D eigenvalue weighted by molar-refractivity contribution is 6.40. The van der Waals surface area contributed by atoms with Crippen LogP contribution in [0.4, 0.5) is 10.5 Å². The van der Waals surface area contributed by atoms with Crippen LogP contribution in [0.1, 0.15) is 22.3 Å². The van der Waals surface area contributed by atoms with Crippen molar-refractivity contribution in [3.63, 3.8) is 0 Å². The number of carboxylic acid groups (broad SMARTS) is 1. The Morgan fingerprint density at radius 3 is 2.27 bits per heavy atom. The van der Waals surface area contributed by atoms with E-state index in [0.29, 0.717) is 17.7 Å². The maximum absolute atomic E-state index is 12.5. The third-order valence-electron chi connectivity index (χ3n) is 5.21. The van der Waals surface area contributed by atoms with Gasteiger partial charge in [-0.3, -0.25) is 14.5 Å². The van der Waals surface area contributed by atoms with Crippen molar-refractivity contribution in [2.24, 2.45) is 0 Å². The van der Waals surface area contributed by atoms with Gasteiger partial charge in [-0.2, -0.15) is 0 Å². The third-order valence-corrected chi connectivity index (χ3v) is 5.84. The topological polar surface area (TPSA) is 125 Å². The number of carbonyl (C=O) groups is 4. The molecule has 3 rings (SSSR count). The lowest BCUT2D eigenvalue weighted by atomic mass is 10.0. The molecule has 1 fully saturated rings. The molecule has 0 saturated carbocycles. The van der Waals surface area contributed by atoms with Crippen molar-refractivity contribution in [2.75, 3.05) is 19.0 Å². The van der Waals surface area contributed by atoms with Gasteiger partial charge in [0.1, 0.15) is 12.1 Å². The fourth-order valence-corrected chi connectivity index (χ4v) is 3.93. The van der Waals surface area contributed by atoms with Crippen LogP contribution in [0.15, 0.2) is 42.5 Å². The molecule has 1 saturated heterocycles. The summed E-state index contributed by atoms with van der Waals surface area (Å²) < 4.78 is 4.77. The fraction of sp³-hybridized carbons (Fsp3) is 0.273. The molecule has 0 spiro atoms. The maximum atomic E-state index is 12.5. The zero-order valence-corrected chi connectivity index (χ0v) is 19.0. The molecule has 1 unspecified atom stereocenters. The van der Waals surface area contributed by atoms with Crippen LogP contribution in [0.3, 0.4) is 0 Å². The Bertz CT molecular complexity index is 1060. The highest BCUT2D eigenvalue weighted by Crippen LogP contribution is 2.25. The molecule has 0 aromatic heterocycles. The lowest BCUT2D eigenvalue weighted by Crippen LogP contribution is -2.60. The van der Waals surface area contributed by atoms with Gasteiger partial charge < -0.3 is 20.5 Å². The molecule has 3 N–H and O–H groups in total. The van der Waals surface area contributed by atoms with Crippen molar-refractivity contribution in [1.29, 1.82) is 0 Å². The van der Waals surface area contributed by atoms with Gasteiger partial charge in [0.2, 0.25) is 5.91 Å². The number of likely N-dealkylation sites (tertiary alicyclic amines) is 1. The number of amides is 3. The second-order valence-electron chi connectivity index (χ2n) is 7.32. The minimum Gasteiger partial charge on any atom is -0.467 e. The Morgan fingerprint density at radius 1 is 1.12 bits per heavy atom. The van der Waals surface area contributed by atoms with Crippen LogP contribution in [-0.4, -0.2) is 59.6 Å². The van der Waals surface area contributed by atoms with Gasteiger partial charge in [0.15, 0.2) is 0 Å². The van der Waals surface area contributed by atoms with Crippen LogP contribution in [0.25, 0.3) is 0 Å². The Morgan fingerprint density at radius 2 is 1.76 bits per heavy atom. The molecule has 2 aromatic rings. The van der Waals surface area contributed by atoms with Gasteiger partial charge in [-0.25, -0.2) is 9.59 Å². The van der Waals surface area contributed by atoms with E-state index in [1.807, 2.05) is 0 Å². The molecule has 1 aliphatic rings. The predicted octanol–water partition coefficient (Wildman–Crippen LogP) is 3.20. The van der Waals surface area contributed by atoms with Gasteiger partial charge in [-0.1, -0.05) is 41.4 Å². The first-order valence-electron chi connectivity index (χ1n) is 9.93. The summed E-state index contributed by atoms with van der Waals surface area (Å²) in [4.78, 5) is 49.2. The number of ether oxygens (including phenoxy) is 1. The Kier molecular flexibility index (Phi) is 7.78. The summed E-state index contributed by atoms with van der Waals surface area (Å²) in [5.74, 6) is -1.68. The molecule has 2 atom stereocenters. The van der Waals surface area contributed by atoms with E-state index >= 15 is 0 Å². The smallest absolute Gasteiger partial charge is 0.407 e. The molecule has 0 aliphatic carbocycles. The molecular weight excluding hydrogens is 473 g/mol. The molecule has 1 heterocycles. The number of nitrogens with zero attached hydrogens (tertiary/aromatic N) is 1. The Labute approximate surface area is 199 Å². The molecule has 9 nitrogen and oxygen atoms in total. The first kappa shape index (κ1) is 24.3. The summed E-state index contributed by atoms with van der Waals surface area (Å²) in [6, 6.07) is 9.55. The molecule has 2 aromatic carbocycles. The summed E-state index contributed by atoms with van der Waals surface area (Å²) in [5, 5.41) is 14.8. The number of halogens is 2. The molecular formula is C22H21Cl2N3O6. The zero-order valence-electron chi connectivity index (χ0n) is 17.5. The lowest BCUT2D eigenvalue weighted by Gasteiger charge is -2.37. The van der Waals surface area contributed by atoms with Crippen molar-refractivity contribution in [1.82, 2.24) is 10.2 Å². The van der Waals surface area contributed by atoms with Crippen LogP contribution in [0, 0.1) is 0 Å². The quantitative estimate of drug-likeness (QED) is 0.508. The monoisotopic (exact) mass is 493 g/mol. The second-order valence-corrected chi connectivity index (χ2v) is 8.13. The van der Waals surface area contributed by atoms with Gasteiger partial charge in [-0.15, -0.1) is 0 Å². The number of hydrogen-bond acceptors (Lipinski definition) is 5. The van der Waals surface area contributed by atoms with Gasteiger partial charge in [-0.05, 0) is 36.2 Å². The lowest BCUT2D eigenvalue weighted by molar-refractivity contribution is -0.146. The van der Waals surface area contributed by atoms with E-state index in [1.54, 1.807) is 42.5 Å². The van der Waals surface area contributed by atoms with E-state index in [9.17, 15) is 19.2 Å². The number of methoxy groups -OCH3 is 1. The van der Waals surface area contributed by atoms with Crippen molar-refractivity contribution >= 4 is 52.8 Å². The Hall–Kier alpha value is -3.30. The minimum absolute atomic E-state index is 0.114. The number of benzene rings is 2. The Balaban J connectivity index is 1.65. The normalized spacial score (nSPS) is 15.7. The summed E-state index contributed by atoms with van der Waals surface area (Å²) >= 11 is 12.1. The van der Waals surface area contributed by atoms with E-state index < -0.39 is 36.0 Å². The molecule has 3 amide bonds. The van der Waals surface area contributed by atoms with Crippen molar-refractivity contribution < 1.29 is 29.0 Å². The first-order valence-corrected chi connectivity index (χ1v) is 10.7. The number of anilines is 1. The van der Waals surface area contributed by atoms with E-state index in [1.165, 1.54) is 7.11 Å². The standard InChI is InChI=1S/C22H21Cl2N3O6/c1-33-21(30)16(26-19(28)17-9-10-27(17)22(31)32)11-12-5-7-13(8-6-12)25-20(29)18-14(23)3-2-4-15(18)24/h2-8,16-17H,9-11H2,1H3,(H,25,29)(H,26,28)(H,31,32)/t16?,17-/m0/s1. The van der Waals surface area contributed by atoms with Crippen molar-refractivity contribution in [3.8, 4) is 0 Å². The number of carbonyl (C=O) groups excluding carboxylic acids is 3. The van der Waals surface area contributed by atoms with Crippen LogP contribution in [-0.2, 0) is 20.7 Å². The number of esters is 1. The van der Waals surface area contributed by atoms with Crippen LogP contribution in [0.5, 0.6) is 0 Å². The largest absolute Gasteiger partial charge is 0.467 e. The van der Waals surface area contributed by atoms with E-state index in [-0.39, 0.29) is 28.6 Å². The molecule has 0 bridgehead atoms. The average Bonchev–Trinajstić information content (AvgIpc) is 2.72. The summed E-state index contributed by atoms with van der Waals surface area (Å²) in [6.07, 6.45) is -0.690. The molecule has 33 heavy (non-hydrogen) atoms. The highest BCUT2D eigenvalue weighted by Gasteiger charge is 2.39. The van der Waals surface area contributed by atoms with Crippen LogP contribution < -0.4 is 10.6 Å². The average molecular weight is 494 g/mol. The number of rotatable bonds is 7. The summed E-state index contributed by atoms with van der Waals surface area (Å²) in [6.45, 7) is 0.267. The molecule has 1 aliphatic heterocycles. The molecule has 11 heteroatoms. The first-order chi connectivity index (χ1) is 15.7. The number of hydrogen-bond donors (Lipinski definition) is 3. The van der Waals surface area contributed by atoms with E-state index in [4.69, 9.17) is 33.0 Å².